The normalized spacial score (nSPS) is 24.1. The molecule has 6 N–H and O–H groups in total. The zero-order chi connectivity index (χ0) is 28.6. The fraction of sp³-hybridized carbons (Fsp3) is 0.577. The van der Waals surface area contributed by atoms with Gasteiger partial charge in [0.25, 0.3) is 11.8 Å². The molecule has 2 aliphatic heterocycles. The highest BCUT2D eigenvalue weighted by Crippen LogP contribution is 2.30. The molecular weight excluding hydrogens is 557 g/mol. The predicted molar refractivity (Wildman–Crippen MR) is 154 cm³/mol. The van der Waals surface area contributed by atoms with Crippen molar-refractivity contribution in [2.75, 3.05) is 49.1 Å². The first-order valence-electron chi connectivity index (χ1n) is 13.7. The number of aromatic nitrogens is 3. The van der Waals surface area contributed by atoms with Crippen molar-refractivity contribution in [2.24, 2.45) is 0 Å². The number of piperazine rings is 1. The summed E-state index contributed by atoms with van der Waals surface area (Å²) in [6.07, 6.45) is 3.45. The van der Waals surface area contributed by atoms with Crippen LogP contribution in [0.15, 0.2) is 12.1 Å². The average Bonchev–Trinajstić information content (AvgIpc) is 2.95. The molecule has 14 heteroatoms. The van der Waals surface area contributed by atoms with E-state index >= 15 is 0 Å². The third-order valence-electron chi connectivity index (χ3n) is 8.27. The first-order valence-corrected chi connectivity index (χ1v) is 14.5. The number of nitrogens with one attached hydrogen (secondary N) is 1. The van der Waals surface area contributed by atoms with Gasteiger partial charge in [-0.15, -0.1) is 0 Å². The van der Waals surface area contributed by atoms with E-state index in [4.69, 9.17) is 34.7 Å². The number of anilines is 3. The van der Waals surface area contributed by atoms with E-state index in [1.807, 2.05) is 4.90 Å². The molecule has 1 saturated carbocycles. The van der Waals surface area contributed by atoms with Crippen LogP contribution in [-0.2, 0) is 0 Å². The van der Waals surface area contributed by atoms with E-state index in [1.165, 1.54) is 0 Å². The van der Waals surface area contributed by atoms with Crippen LogP contribution in [0.25, 0.3) is 0 Å². The highest BCUT2D eigenvalue weighted by molar-refractivity contribution is 6.32. The lowest BCUT2D eigenvalue weighted by atomic mass is 9.89. The Kier molecular flexibility index (Phi) is 8.50. The second-order valence-electron chi connectivity index (χ2n) is 10.6. The van der Waals surface area contributed by atoms with Crippen LogP contribution in [0.2, 0.25) is 10.3 Å². The molecule has 2 saturated heterocycles. The quantitative estimate of drug-likeness (QED) is 0.363. The van der Waals surface area contributed by atoms with Crippen LogP contribution in [0.5, 0.6) is 0 Å². The number of nitrogens with two attached hydrogens (primary N) is 2. The lowest BCUT2D eigenvalue weighted by Gasteiger charge is -2.47. The summed E-state index contributed by atoms with van der Waals surface area (Å²) in [6, 6.07) is 3.50. The van der Waals surface area contributed by atoms with E-state index in [0.29, 0.717) is 56.4 Å². The van der Waals surface area contributed by atoms with E-state index < -0.39 is 12.0 Å². The Labute approximate surface area is 243 Å². The number of rotatable bonds is 6. The van der Waals surface area contributed by atoms with Crippen LogP contribution in [0.4, 0.5) is 17.5 Å². The first-order chi connectivity index (χ1) is 19.2. The Balaban J connectivity index is 1.20. The second-order valence-corrected chi connectivity index (χ2v) is 11.4. The van der Waals surface area contributed by atoms with Gasteiger partial charge in [-0.1, -0.05) is 30.1 Å². The maximum absolute atomic E-state index is 13.0. The largest absolute Gasteiger partial charge is 0.391 e. The summed E-state index contributed by atoms with van der Waals surface area (Å²) in [4.78, 5) is 44.8. The molecule has 5 rings (SSSR count). The van der Waals surface area contributed by atoms with Crippen molar-refractivity contribution in [1.29, 1.82) is 0 Å². The Morgan fingerprint density at radius 1 is 1.02 bits per heavy atom. The van der Waals surface area contributed by atoms with Gasteiger partial charge in [-0.25, -0.2) is 15.0 Å². The Morgan fingerprint density at radius 2 is 1.77 bits per heavy atom. The molecule has 4 heterocycles. The van der Waals surface area contributed by atoms with E-state index in [1.54, 1.807) is 12.1 Å². The first kappa shape index (κ1) is 28.6. The summed E-state index contributed by atoms with van der Waals surface area (Å²) in [5.41, 5.74) is 12.4. The molecule has 1 unspecified atom stereocenters. The molecule has 40 heavy (non-hydrogen) atoms. The van der Waals surface area contributed by atoms with Crippen LogP contribution in [0.3, 0.4) is 0 Å². The van der Waals surface area contributed by atoms with E-state index in [9.17, 15) is 14.7 Å². The monoisotopic (exact) mass is 591 g/mol. The molecule has 0 aromatic carbocycles. The van der Waals surface area contributed by atoms with Crippen molar-refractivity contribution in [3.8, 4) is 0 Å². The molecule has 3 atom stereocenters. The topological polar surface area (TPSA) is 167 Å². The number of piperidine rings is 1. The van der Waals surface area contributed by atoms with E-state index in [0.717, 1.165) is 25.8 Å². The van der Waals surface area contributed by atoms with Crippen molar-refractivity contribution in [2.45, 2.75) is 63.3 Å². The maximum atomic E-state index is 13.0. The molecule has 3 aliphatic rings. The van der Waals surface area contributed by atoms with Crippen molar-refractivity contribution in [3.63, 3.8) is 0 Å². The number of nitrogen functional groups attached to an aromatic ring is 2. The number of pyridine rings is 1. The van der Waals surface area contributed by atoms with Gasteiger partial charge in [0.2, 0.25) is 0 Å². The molecule has 1 aliphatic carbocycles. The molecule has 0 spiro atoms. The van der Waals surface area contributed by atoms with Gasteiger partial charge in [0.15, 0.2) is 22.5 Å². The zero-order valence-electron chi connectivity index (χ0n) is 22.4. The van der Waals surface area contributed by atoms with Gasteiger partial charge >= 0.3 is 0 Å². The molecule has 2 amide bonds. The zero-order valence-corrected chi connectivity index (χ0v) is 23.9. The minimum Gasteiger partial charge on any atom is -0.391 e. The molecular formula is C26H35Cl2N9O3. The number of carbonyl (C=O) groups excluding carboxylic acids is 2. The minimum absolute atomic E-state index is 0.00903. The third kappa shape index (κ3) is 5.76. The van der Waals surface area contributed by atoms with Gasteiger partial charge in [0.1, 0.15) is 11.0 Å². The van der Waals surface area contributed by atoms with Crippen molar-refractivity contribution >= 4 is 52.5 Å². The molecule has 12 nitrogen and oxygen atoms in total. The average molecular weight is 593 g/mol. The lowest BCUT2D eigenvalue weighted by molar-refractivity contribution is 0.0446. The summed E-state index contributed by atoms with van der Waals surface area (Å²) in [6.45, 7) is 5.59. The van der Waals surface area contributed by atoms with Crippen molar-refractivity contribution in [1.82, 2.24) is 30.1 Å². The highest BCUT2D eigenvalue weighted by Gasteiger charge is 2.36. The molecule has 0 radical (unpaired) electrons. The summed E-state index contributed by atoms with van der Waals surface area (Å²) < 4.78 is 0. The van der Waals surface area contributed by atoms with E-state index in [-0.39, 0.29) is 45.6 Å². The maximum Gasteiger partial charge on any atom is 0.274 e. The Morgan fingerprint density at radius 3 is 2.40 bits per heavy atom. The number of halogens is 2. The molecule has 216 valence electrons. The number of hydrogen-bond acceptors (Lipinski definition) is 10. The fourth-order valence-electron chi connectivity index (χ4n) is 5.78. The Hall–Kier alpha value is -2.93. The van der Waals surface area contributed by atoms with Crippen LogP contribution in [0, 0.1) is 0 Å². The fourth-order valence-corrected chi connectivity index (χ4v) is 6.18. The number of aliphatic hydroxyl groups is 1. The number of hydrogen-bond donors (Lipinski definition) is 4. The summed E-state index contributed by atoms with van der Waals surface area (Å²) >= 11 is 12.4. The van der Waals surface area contributed by atoms with Crippen molar-refractivity contribution in [3.05, 3.63) is 33.7 Å². The predicted octanol–water partition coefficient (Wildman–Crippen LogP) is 1.80. The van der Waals surface area contributed by atoms with Gasteiger partial charge in [0.05, 0.1) is 17.7 Å². The SMILES string of the molecule is CC[C@H]1CN(c2nc(N)c(C(=O)NC3CC[C@@H]3O)nc2Cl)CCN1C1CCN(C(=O)c2ccc(Cl)nc2N)CC1. The van der Waals surface area contributed by atoms with Crippen molar-refractivity contribution < 1.29 is 14.7 Å². The smallest absolute Gasteiger partial charge is 0.274 e. The Bertz CT molecular complexity index is 1270. The summed E-state index contributed by atoms with van der Waals surface area (Å²) in [5, 5.41) is 12.9. The summed E-state index contributed by atoms with van der Waals surface area (Å²) in [7, 11) is 0. The van der Waals surface area contributed by atoms with Gasteiger partial charge < -0.3 is 31.7 Å². The van der Waals surface area contributed by atoms with Crippen LogP contribution < -0.4 is 21.7 Å². The van der Waals surface area contributed by atoms with Gasteiger partial charge in [0, 0.05) is 44.8 Å². The second kappa shape index (κ2) is 11.9. The highest BCUT2D eigenvalue weighted by atomic mass is 35.5. The van der Waals surface area contributed by atoms with E-state index in [2.05, 4.69) is 37.0 Å². The summed E-state index contributed by atoms with van der Waals surface area (Å²) in [5.74, 6) is 0.0129. The number of nitrogens with zero attached hydrogens (tertiary/aromatic N) is 6. The number of likely N-dealkylation sites (tertiary alicyclic amines) is 1. The molecule has 0 bridgehead atoms. The van der Waals surface area contributed by atoms with Gasteiger partial charge in [-0.05, 0) is 44.2 Å². The number of amides is 2. The van der Waals surface area contributed by atoms with Gasteiger partial charge in [-0.2, -0.15) is 0 Å². The number of carbonyl (C=O) groups is 2. The molecule has 3 fully saturated rings. The van der Waals surface area contributed by atoms with Crippen LogP contribution >= 0.6 is 23.2 Å². The minimum atomic E-state index is -0.553. The molecule has 2 aromatic heterocycles. The van der Waals surface area contributed by atoms with Gasteiger partial charge in [-0.3, -0.25) is 14.5 Å². The lowest BCUT2D eigenvalue weighted by Crippen LogP contribution is -2.59. The number of aliphatic hydroxyl groups excluding tert-OH is 1. The third-order valence-corrected chi connectivity index (χ3v) is 8.74. The molecule has 2 aromatic rings. The van der Waals surface area contributed by atoms with Crippen LogP contribution in [0.1, 0.15) is 59.9 Å². The van der Waals surface area contributed by atoms with Crippen LogP contribution in [-0.4, -0.2) is 98.6 Å². The standard InChI is InChI=1S/C26H35Cl2N9O3/c1-2-14-13-36(24-21(28)33-20(23(30)34-24)25(39)31-17-4-5-18(17)38)11-12-37(14)15-7-9-35(10-8-15)26(40)16-3-6-19(27)32-22(16)29/h3,6,14-15,17-18,38H,2,4-5,7-13H2,1H3,(H2,29,32)(H2,30,34)(H,31,39)/t14-,17?,18-/m0/s1.